The van der Waals surface area contributed by atoms with Crippen LogP contribution >= 0.6 is 0 Å². The molecule has 0 aliphatic rings. The molecule has 0 aromatic carbocycles. The monoisotopic (exact) mass is 908 g/mol. The maximum absolute atomic E-state index is 13.0. The van der Waals surface area contributed by atoms with Crippen molar-refractivity contribution < 1.29 is 42.8 Å². The largest absolute Gasteiger partial charge is 0.508 e. The molecule has 0 spiro atoms. The first kappa shape index (κ1) is 61.6. The molecule has 0 saturated heterocycles. The molecule has 0 aliphatic carbocycles. The van der Waals surface area contributed by atoms with E-state index in [4.69, 9.17) is 28.4 Å². The first-order valence-corrected chi connectivity index (χ1v) is 26.8. The minimum atomic E-state index is -0.768. The van der Waals surface area contributed by atoms with Gasteiger partial charge in [0.05, 0.1) is 18.9 Å². The van der Waals surface area contributed by atoms with E-state index in [0.717, 1.165) is 96.7 Å². The van der Waals surface area contributed by atoms with E-state index < -0.39 is 24.3 Å². The lowest BCUT2D eigenvalue weighted by Gasteiger charge is -2.20. The van der Waals surface area contributed by atoms with Crippen molar-refractivity contribution in [2.24, 2.45) is 5.92 Å². The summed E-state index contributed by atoms with van der Waals surface area (Å²) in [4.78, 5) is 40.7. The van der Waals surface area contributed by atoms with Crippen LogP contribution in [0.3, 0.4) is 0 Å². The summed E-state index contributed by atoms with van der Waals surface area (Å²) in [7, 11) is 0. The van der Waals surface area contributed by atoms with Gasteiger partial charge in [-0.3, -0.25) is 9.59 Å². The third kappa shape index (κ3) is 44.8. The molecule has 0 amide bonds. The molecule has 0 bridgehead atoms. The smallest absolute Gasteiger partial charge is 0.465 e. The second kappa shape index (κ2) is 50.0. The van der Waals surface area contributed by atoms with Crippen LogP contribution in [0.25, 0.3) is 0 Å². The molecule has 64 heavy (non-hydrogen) atoms. The van der Waals surface area contributed by atoms with Gasteiger partial charge in [-0.2, -0.15) is 0 Å². The zero-order valence-electron chi connectivity index (χ0n) is 42.4. The average Bonchev–Trinajstić information content (AvgIpc) is 3.30. The molecule has 0 aromatic rings. The Bertz CT molecular complexity index is 1060. The van der Waals surface area contributed by atoms with Crippen LogP contribution in [0.4, 0.5) is 4.79 Å². The molecule has 0 saturated carbocycles. The summed E-state index contributed by atoms with van der Waals surface area (Å²) in [6.45, 7) is 15.5. The molecule has 0 N–H and O–H groups in total. The van der Waals surface area contributed by atoms with Gasteiger partial charge in [-0.25, -0.2) is 4.79 Å². The number of unbranched alkanes of at least 4 members (excludes halogenated alkanes) is 21. The molecule has 0 aromatic heterocycles. The Balaban J connectivity index is 4.88. The van der Waals surface area contributed by atoms with E-state index in [1.807, 2.05) is 0 Å². The number of hydrogen-bond donors (Lipinski definition) is 0. The molecule has 0 unspecified atom stereocenters. The van der Waals surface area contributed by atoms with Crippen LogP contribution in [0.5, 0.6) is 0 Å². The number of carbonyl (C=O) groups excluding carboxylic acids is 3. The highest BCUT2D eigenvalue weighted by atomic mass is 16.7. The normalized spacial score (nSPS) is 12.2. The Morgan fingerprint density at radius 2 is 0.891 bits per heavy atom. The van der Waals surface area contributed by atoms with Gasteiger partial charge in [-0.1, -0.05) is 168 Å². The van der Waals surface area contributed by atoms with Crippen LogP contribution in [0.15, 0.2) is 24.3 Å². The second-order valence-corrected chi connectivity index (χ2v) is 17.7. The second-order valence-electron chi connectivity index (χ2n) is 17.7. The van der Waals surface area contributed by atoms with Crippen molar-refractivity contribution in [1.29, 1.82) is 0 Å². The Hall–Kier alpha value is -2.43. The fraction of sp³-hybridized carbons (Fsp3) is 0.870. The van der Waals surface area contributed by atoms with E-state index in [-0.39, 0.29) is 38.8 Å². The van der Waals surface area contributed by atoms with Gasteiger partial charge in [-0.05, 0) is 90.3 Å². The first-order valence-electron chi connectivity index (χ1n) is 26.8. The number of esters is 2. The molecular formula is C54H101NO9. The molecule has 0 aliphatic heterocycles. The quantitative estimate of drug-likeness (QED) is 0.0192. The van der Waals surface area contributed by atoms with Crippen LogP contribution in [0.1, 0.15) is 234 Å². The maximum Gasteiger partial charge on any atom is 0.508 e. The zero-order chi connectivity index (χ0) is 46.8. The van der Waals surface area contributed by atoms with Crippen LogP contribution in [0.2, 0.25) is 0 Å². The number of hydrogen-bond acceptors (Lipinski definition) is 10. The van der Waals surface area contributed by atoms with E-state index in [1.165, 1.54) is 103 Å². The van der Waals surface area contributed by atoms with Crippen LogP contribution in [-0.2, 0) is 38.0 Å². The molecule has 10 heteroatoms. The summed E-state index contributed by atoms with van der Waals surface area (Å²) >= 11 is 0. The van der Waals surface area contributed by atoms with Crippen molar-refractivity contribution in [3.05, 3.63) is 24.3 Å². The van der Waals surface area contributed by atoms with Crippen molar-refractivity contribution >= 4 is 18.1 Å². The van der Waals surface area contributed by atoms with E-state index in [1.54, 1.807) is 0 Å². The molecule has 0 fully saturated rings. The van der Waals surface area contributed by atoms with E-state index >= 15 is 0 Å². The van der Waals surface area contributed by atoms with Crippen molar-refractivity contribution in [1.82, 2.24) is 4.90 Å². The number of allylic oxidation sites excluding steroid dienone is 4. The van der Waals surface area contributed by atoms with Gasteiger partial charge in [-0.15, -0.1) is 0 Å². The van der Waals surface area contributed by atoms with Gasteiger partial charge in [0.25, 0.3) is 0 Å². The molecule has 1 atom stereocenters. The lowest BCUT2D eigenvalue weighted by molar-refractivity contribution is -0.161. The highest BCUT2D eigenvalue weighted by Gasteiger charge is 2.20. The lowest BCUT2D eigenvalue weighted by Crippen LogP contribution is -2.27. The summed E-state index contributed by atoms with van der Waals surface area (Å²) in [5, 5.41) is 0. The number of rotatable bonds is 49. The van der Waals surface area contributed by atoms with Gasteiger partial charge in [0, 0.05) is 26.1 Å². The third-order valence-corrected chi connectivity index (χ3v) is 11.5. The summed E-state index contributed by atoms with van der Waals surface area (Å²) in [5.41, 5.74) is 0. The van der Waals surface area contributed by atoms with Crippen LogP contribution in [-0.4, -0.2) is 88.6 Å². The van der Waals surface area contributed by atoms with E-state index in [9.17, 15) is 14.4 Å². The van der Waals surface area contributed by atoms with Gasteiger partial charge in [0.15, 0.2) is 6.29 Å². The predicted octanol–water partition coefficient (Wildman–Crippen LogP) is 14.8. The summed E-state index contributed by atoms with van der Waals surface area (Å²) in [6.07, 6.45) is 40.5. The van der Waals surface area contributed by atoms with Crippen molar-refractivity contribution in [2.75, 3.05) is 59.3 Å². The fourth-order valence-electron chi connectivity index (χ4n) is 7.24. The predicted molar refractivity (Wildman–Crippen MR) is 265 cm³/mol. The number of ether oxygens (including phenoxy) is 6. The highest BCUT2D eigenvalue weighted by Crippen LogP contribution is 2.14. The van der Waals surface area contributed by atoms with Crippen LogP contribution < -0.4 is 0 Å². The summed E-state index contributed by atoms with van der Waals surface area (Å²) in [5.74, 6) is -1.20. The molecule has 0 radical (unpaired) electrons. The minimum absolute atomic E-state index is 0.0163. The third-order valence-electron chi connectivity index (χ3n) is 11.5. The van der Waals surface area contributed by atoms with Gasteiger partial charge < -0.3 is 33.3 Å². The summed E-state index contributed by atoms with van der Waals surface area (Å²) < 4.78 is 34.3. The lowest BCUT2D eigenvalue weighted by atomic mass is 10.1. The zero-order valence-corrected chi connectivity index (χ0v) is 42.4. The summed E-state index contributed by atoms with van der Waals surface area (Å²) in [6, 6.07) is 0. The molecule has 0 rings (SSSR count). The van der Waals surface area contributed by atoms with Crippen molar-refractivity contribution in [2.45, 2.75) is 240 Å². The SMILES string of the molecule is CCCCC/C=C\C/C=C\CCCCCCCCC(=O)OC[C@@H](COC(=O)CCC(OCCCCCCCC)OCCCCCCCC)COC(=O)OCCCCN(CC)CCCC. The molecular weight excluding hydrogens is 807 g/mol. The first-order chi connectivity index (χ1) is 31.4. The highest BCUT2D eigenvalue weighted by molar-refractivity contribution is 5.69. The number of nitrogens with zero attached hydrogens (tertiary/aromatic N) is 1. The Morgan fingerprint density at radius 3 is 1.47 bits per heavy atom. The minimum Gasteiger partial charge on any atom is -0.465 e. The van der Waals surface area contributed by atoms with E-state index in [0.29, 0.717) is 26.1 Å². The average molecular weight is 908 g/mol. The topological polar surface area (TPSA) is 110 Å². The standard InChI is InChI=1S/C54H101NO9/c1-6-11-15-18-21-22-23-24-25-26-27-28-29-30-31-34-39-51(56)62-47-50(49-64-54(58)61-46-38-35-43-55(10-5)42-14-9-4)48-63-52(57)40-41-53(59-44-36-32-19-16-12-7-2)60-45-37-33-20-17-13-8-3/h21-22,24-25,50,53H,6-20,23,26-49H2,1-5H3/b22-21-,25-24-/t50-/m0/s1. The number of carbonyl (C=O) groups is 3. The Kier molecular flexibility index (Phi) is 48.1. The van der Waals surface area contributed by atoms with Crippen molar-refractivity contribution in [3.63, 3.8) is 0 Å². The Labute approximate surface area is 394 Å². The Morgan fingerprint density at radius 1 is 0.438 bits per heavy atom. The van der Waals surface area contributed by atoms with Crippen molar-refractivity contribution in [3.8, 4) is 0 Å². The van der Waals surface area contributed by atoms with Gasteiger partial charge in [0.2, 0.25) is 0 Å². The van der Waals surface area contributed by atoms with Gasteiger partial charge in [0.1, 0.15) is 19.8 Å². The molecule has 0 heterocycles. The fourth-order valence-corrected chi connectivity index (χ4v) is 7.24. The van der Waals surface area contributed by atoms with Crippen LogP contribution in [0, 0.1) is 5.92 Å². The van der Waals surface area contributed by atoms with E-state index in [2.05, 4.69) is 63.8 Å². The van der Waals surface area contributed by atoms with Gasteiger partial charge >= 0.3 is 18.1 Å². The molecule has 376 valence electrons. The molecule has 10 nitrogen and oxygen atoms in total. The maximum atomic E-state index is 13.0.